The van der Waals surface area contributed by atoms with Crippen molar-refractivity contribution in [1.29, 1.82) is 0 Å². The lowest BCUT2D eigenvalue weighted by Crippen LogP contribution is -2.17. The van der Waals surface area contributed by atoms with Gasteiger partial charge in [-0.2, -0.15) is 0 Å². The van der Waals surface area contributed by atoms with Gasteiger partial charge in [0, 0.05) is 31.6 Å². The predicted octanol–water partition coefficient (Wildman–Crippen LogP) is 2.61. The van der Waals surface area contributed by atoms with Crippen molar-refractivity contribution in [1.82, 2.24) is 5.32 Å². The molecule has 0 radical (unpaired) electrons. The number of hydrogen-bond donors (Lipinski definition) is 2. The summed E-state index contributed by atoms with van der Waals surface area (Å²) in [6.45, 7) is 7.02. The third kappa shape index (κ3) is 6.14. The Balaban J connectivity index is 2.15. The minimum absolute atomic E-state index is 0.0254. The molecule has 0 aliphatic rings. The van der Waals surface area contributed by atoms with E-state index in [0.29, 0.717) is 0 Å². The van der Waals surface area contributed by atoms with Crippen molar-refractivity contribution in [3.05, 3.63) is 16.3 Å². The lowest BCUT2D eigenvalue weighted by Gasteiger charge is -2.06. The summed E-state index contributed by atoms with van der Waals surface area (Å²) in [4.78, 5) is 12.2. The maximum absolute atomic E-state index is 11.0. The molecule has 0 aliphatic heterocycles. The maximum Gasteiger partial charge on any atom is 0.221 e. The fourth-order valence-corrected chi connectivity index (χ4v) is 2.33. The number of hydrogen-bond acceptors (Lipinski definition) is 4. The van der Waals surface area contributed by atoms with Crippen LogP contribution < -0.4 is 10.6 Å². The molecule has 102 valence electrons. The highest BCUT2D eigenvalue weighted by atomic mass is 32.1. The molecule has 0 saturated heterocycles. The van der Waals surface area contributed by atoms with E-state index in [4.69, 9.17) is 4.74 Å². The zero-order chi connectivity index (χ0) is 13.2. The number of amides is 1. The molecule has 0 spiro atoms. The van der Waals surface area contributed by atoms with Crippen LogP contribution in [0.15, 0.2) is 11.4 Å². The van der Waals surface area contributed by atoms with Crippen molar-refractivity contribution in [3.63, 3.8) is 0 Å². The summed E-state index contributed by atoms with van der Waals surface area (Å²) < 4.78 is 5.40. The SMILES string of the molecule is CCCOCCCNCc1sccc1NC(C)=O. The van der Waals surface area contributed by atoms with E-state index in [0.717, 1.165) is 44.8 Å². The minimum Gasteiger partial charge on any atom is -0.381 e. The monoisotopic (exact) mass is 270 g/mol. The van der Waals surface area contributed by atoms with E-state index in [1.165, 1.54) is 11.8 Å². The van der Waals surface area contributed by atoms with Gasteiger partial charge in [0.15, 0.2) is 0 Å². The van der Waals surface area contributed by atoms with Crippen LogP contribution in [0.1, 0.15) is 31.6 Å². The average Bonchev–Trinajstić information content (AvgIpc) is 2.75. The average molecular weight is 270 g/mol. The van der Waals surface area contributed by atoms with Crippen molar-refractivity contribution in [2.45, 2.75) is 33.2 Å². The second-order valence-electron chi connectivity index (χ2n) is 4.08. The molecule has 1 aromatic heterocycles. The maximum atomic E-state index is 11.0. The van der Waals surface area contributed by atoms with Crippen LogP contribution in [-0.2, 0) is 16.1 Å². The van der Waals surface area contributed by atoms with Crippen LogP contribution in [0, 0.1) is 0 Å². The van der Waals surface area contributed by atoms with E-state index in [1.54, 1.807) is 11.3 Å². The molecule has 1 heterocycles. The highest BCUT2D eigenvalue weighted by Gasteiger charge is 2.04. The highest BCUT2D eigenvalue weighted by Crippen LogP contribution is 2.21. The molecule has 0 fully saturated rings. The molecule has 0 saturated carbocycles. The Labute approximate surface area is 113 Å². The molecule has 1 aromatic rings. The molecular weight excluding hydrogens is 248 g/mol. The van der Waals surface area contributed by atoms with Gasteiger partial charge in [-0.1, -0.05) is 6.92 Å². The van der Waals surface area contributed by atoms with Gasteiger partial charge in [0.2, 0.25) is 5.91 Å². The molecule has 0 bridgehead atoms. The van der Waals surface area contributed by atoms with Crippen molar-refractivity contribution in [3.8, 4) is 0 Å². The first-order valence-corrected chi connectivity index (χ1v) is 7.24. The van der Waals surface area contributed by atoms with Crippen LogP contribution in [0.25, 0.3) is 0 Å². The lowest BCUT2D eigenvalue weighted by molar-refractivity contribution is -0.114. The van der Waals surface area contributed by atoms with Crippen LogP contribution in [-0.4, -0.2) is 25.7 Å². The Morgan fingerprint density at radius 3 is 3.00 bits per heavy atom. The molecule has 1 rings (SSSR count). The van der Waals surface area contributed by atoms with Crippen molar-refractivity contribution < 1.29 is 9.53 Å². The fourth-order valence-electron chi connectivity index (χ4n) is 1.53. The minimum atomic E-state index is -0.0254. The van der Waals surface area contributed by atoms with Gasteiger partial charge >= 0.3 is 0 Å². The summed E-state index contributed by atoms with van der Waals surface area (Å²) in [5.41, 5.74) is 0.919. The first-order valence-electron chi connectivity index (χ1n) is 6.36. The van der Waals surface area contributed by atoms with E-state index < -0.39 is 0 Å². The highest BCUT2D eigenvalue weighted by molar-refractivity contribution is 7.10. The predicted molar refractivity (Wildman–Crippen MR) is 76.1 cm³/mol. The third-order valence-corrected chi connectivity index (χ3v) is 3.25. The molecular formula is C13H22N2O2S. The number of thiophene rings is 1. The second kappa shape index (κ2) is 9.08. The van der Waals surface area contributed by atoms with Crippen LogP contribution in [0.3, 0.4) is 0 Å². The Morgan fingerprint density at radius 2 is 2.28 bits per heavy atom. The van der Waals surface area contributed by atoms with Crippen molar-refractivity contribution >= 4 is 22.9 Å². The smallest absolute Gasteiger partial charge is 0.221 e. The third-order valence-electron chi connectivity index (χ3n) is 2.33. The van der Waals surface area contributed by atoms with Gasteiger partial charge in [-0.15, -0.1) is 11.3 Å². The van der Waals surface area contributed by atoms with Crippen LogP contribution >= 0.6 is 11.3 Å². The van der Waals surface area contributed by atoms with Gasteiger partial charge in [-0.25, -0.2) is 0 Å². The van der Waals surface area contributed by atoms with E-state index in [2.05, 4.69) is 17.6 Å². The lowest BCUT2D eigenvalue weighted by atomic mass is 10.3. The van der Waals surface area contributed by atoms with Crippen LogP contribution in [0.4, 0.5) is 5.69 Å². The van der Waals surface area contributed by atoms with Gasteiger partial charge in [-0.05, 0) is 30.8 Å². The first kappa shape index (κ1) is 15.1. The molecule has 0 unspecified atom stereocenters. The van der Waals surface area contributed by atoms with Gasteiger partial charge in [0.1, 0.15) is 0 Å². The van der Waals surface area contributed by atoms with E-state index in [9.17, 15) is 4.79 Å². The van der Waals surface area contributed by atoms with E-state index in [1.807, 2.05) is 11.4 Å². The van der Waals surface area contributed by atoms with Gasteiger partial charge in [0.05, 0.1) is 5.69 Å². The second-order valence-corrected chi connectivity index (χ2v) is 5.08. The number of ether oxygens (including phenoxy) is 1. The van der Waals surface area contributed by atoms with Crippen molar-refractivity contribution in [2.24, 2.45) is 0 Å². The molecule has 2 N–H and O–H groups in total. The fraction of sp³-hybridized carbons (Fsp3) is 0.615. The summed E-state index contributed by atoms with van der Waals surface area (Å²) in [7, 11) is 0. The summed E-state index contributed by atoms with van der Waals surface area (Å²) >= 11 is 1.65. The number of rotatable bonds is 9. The zero-order valence-corrected chi connectivity index (χ0v) is 11.9. The van der Waals surface area contributed by atoms with Crippen LogP contribution in [0.5, 0.6) is 0 Å². The number of carbonyl (C=O) groups excluding carboxylic acids is 1. The number of carbonyl (C=O) groups is 1. The number of anilines is 1. The topological polar surface area (TPSA) is 50.4 Å². The standard InChI is InChI=1S/C13H22N2O2S/c1-3-7-17-8-4-6-14-10-13-12(5-9-18-13)15-11(2)16/h5,9,14H,3-4,6-8,10H2,1-2H3,(H,15,16). The first-order chi connectivity index (χ1) is 8.74. The van der Waals surface area contributed by atoms with Gasteiger partial charge in [-0.3, -0.25) is 4.79 Å². The molecule has 1 amide bonds. The Morgan fingerprint density at radius 1 is 1.44 bits per heavy atom. The largest absolute Gasteiger partial charge is 0.381 e. The summed E-state index contributed by atoms with van der Waals surface area (Å²) in [6.07, 6.45) is 2.09. The van der Waals surface area contributed by atoms with Gasteiger partial charge < -0.3 is 15.4 Å². The van der Waals surface area contributed by atoms with Crippen molar-refractivity contribution in [2.75, 3.05) is 25.1 Å². The molecule has 5 heteroatoms. The Kier molecular flexibility index (Phi) is 7.64. The van der Waals surface area contributed by atoms with Gasteiger partial charge in [0.25, 0.3) is 0 Å². The molecule has 0 atom stereocenters. The normalized spacial score (nSPS) is 10.6. The quantitative estimate of drug-likeness (QED) is 0.678. The Bertz CT molecular complexity index is 353. The summed E-state index contributed by atoms with van der Waals surface area (Å²) in [5, 5.41) is 8.18. The molecule has 0 aromatic carbocycles. The molecule has 18 heavy (non-hydrogen) atoms. The molecule has 4 nitrogen and oxygen atoms in total. The summed E-state index contributed by atoms with van der Waals surface area (Å²) in [6, 6.07) is 1.94. The number of nitrogens with one attached hydrogen (secondary N) is 2. The molecule has 0 aliphatic carbocycles. The van der Waals surface area contributed by atoms with E-state index in [-0.39, 0.29) is 5.91 Å². The summed E-state index contributed by atoms with van der Waals surface area (Å²) in [5.74, 6) is -0.0254. The zero-order valence-electron chi connectivity index (χ0n) is 11.1. The van der Waals surface area contributed by atoms with Crippen LogP contribution in [0.2, 0.25) is 0 Å². The Hall–Kier alpha value is -0.910. The van der Waals surface area contributed by atoms with E-state index >= 15 is 0 Å².